The maximum atomic E-state index is 13.1. The molecule has 5 atom stereocenters. The first-order valence-electron chi connectivity index (χ1n) is 12.7. The summed E-state index contributed by atoms with van der Waals surface area (Å²) in [6, 6.07) is 16.1. The van der Waals surface area contributed by atoms with Gasteiger partial charge in [-0.25, -0.2) is 10.4 Å². The molecule has 0 spiro atoms. The number of nitrogens with zero attached hydrogens (tertiary/aromatic N) is 1. The second-order valence-corrected chi connectivity index (χ2v) is 9.90. The third-order valence-electron chi connectivity index (χ3n) is 7.40. The summed E-state index contributed by atoms with van der Waals surface area (Å²) in [7, 11) is 0. The van der Waals surface area contributed by atoms with E-state index < -0.39 is 0 Å². The minimum Gasteiger partial charge on any atom is -0.494 e. The lowest BCUT2D eigenvalue weighted by Gasteiger charge is -2.46. The van der Waals surface area contributed by atoms with Crippen LogP contribution in [-0.4, -0.2) is 35.6 Å². The Hall–Kier alpha value is -2.94. The third kappa shape index (κ3) is 5.05. The number of fused-ring (bicyclic) bond motifs is 3. The van der Waals surface area contributed by atoms with E-state index in [1.54, 1.807) is 0 Å². The Kier molecular flexibility index (Phi) is 7.04. The summed E-state index contributed by atoms with van der Waals surface area (Å²) < 4.78 is 5.63. The molecule has 2 saturated heterocycles. The number of benzene rings is 2. The smallest absolute Gasteiger partial charge is 0.226 e. The quantitative estimate of drug-likeness (QED) is 0.490. The highest BCUT2D eigenvalue weighted by atomic mass is 16.5. The molecule has 5 rings (SSSR count). The Bertz CT molecular complexity index is 1060. The molecule has 2 amide bonds. The Morgan fingerprint density at radius 3 is 2.77 bits per heavy atom. The molecule has 1 aliphatic carbocycles. The topological polar surface area (TPSA) is 94.7 Å². The Morgan fingerprint density at radius 1 is 1.17 bits per heavy atom. The van der Waals surface area contributed by atoms with Gasteiger partial charge in [0.25, 0.3) is 0 Å². The molecule has 0 bridgehead atoms. The summed E-state index contributed by atoms with van der Waals surface area (Å²) in [6.07, 6.45) is 2.86. The van der Waals surface area contributed by atoms with Crippen molar-refractivity contribution in [1.29, 1.82) is 0 Å². The number of amides is 2. The molecule has 1 saturated carbocycles. The lowest BCUT2D eigenvalue weighted by molar-refractivity contribution is -0.143. The first-order chi connectivity index (χ1) is 17.0. The largest absolute Gasteiger partial charge is 0.494 e. The van der Waals surface area contributed by atoms with Crippen LogP contribution >= 0.6 is 0 Å². The molecule has 8 nitrogen and oxygen atoms in total. The molecule has 4 N–H and O–H groups in total. The number of aryl methyl sites for hydroxylation is 1. The van der Waals surface area contributed by atoms with Gasteiger partial charge >= 0.3 is 0 Å². The van der Waals surface area contributed by atoms with E-state index in [4.69, 9.17) is 4.74 Å². The minimum atomic E-state index is -0.194. The molecule has 2 aliphatic heterocycles. The molecule has 8 heteroatoms. The second kappa shape index (κ2) is 10.4. The van der Waals surface area contributed by atoms with Crippen LogP contribution in [0.25, 0.3) is 0 Å². The van der Waals surface area contributed by atoms with Gasteiger partial charge in [-0.15, -0.1) is 0 Å². The van der Waals surface area contributed by atoms with Crippen LogP contribution in [0.2, 0.25) is 0 Å². The van der Waals surface area contributed by atoms with Gasteiger partial charge in [0.1, 0.15) is 11.9 Å². The molecule has 2 aromatic rings. The van der Waals surface area contributed by atoms with Gasteiger partial charge in [0.15, 0.2) is 0 Å². The maximum absolute atomic E-state index is 13.1. The van der Waals surface area contributed by atoms with Gasteiger partial charge in [0.05, 0.1) is 18.6 Å². The molecule has 0 aromatic heterocycles. The fourth-order valence-corrected chi connectivity index (χ4v) is 5.53. The standard InChI is InChI=1S/C27H35N5O3/c1-3-13-35-21-10-7-18(8-11-21)16-28-26(33)20-9-12-22-23(15-20)32-25(29-27(22)34)24(30-31-32)19-6-4-5-17(2)14-19/h4-8,10-11,14,20,22-25,30-31H,3,9,12-13,15-16H2,1-2H3,(H,28,33)(H,29,34). The zero-order valence-corrected chi connectivity index (χ0v) is 20.4. The highest BCUT2D eigenvalue weighted by Gasteiger charge is 2.51. The fraction of sp³-hybridized carbons (Fsp3) is 0.481. The highest BCUT2D eigenvalue weighted by molar-refractivity contribution is 5.83. The lowest BCUT2D eigenvalue weighted by Crippen LogP contribution is -2.65. The summed E-state index contributed by atoms with van der Waals surface area (Å²) in [4.78, 5) is 26.1. The first kappa shape index (κ1) is 23.8. The van der Waals surface area contributed by atoms with E-state index in [2.05, 4.69) is 58.6 Å². The average molecular weight is 478 g/mol. The predicted molar refractivity (Wildman–Crippen MR) is 133 cm³/mol. The summed E-state index contributed by atoms with van der Waals surface area (Å²) in [6.45, 7) is 5.33. The molecular weight excluding hydrogens is 442 g/mol. The van der Waals surface area contributed by atoms with Gasteiger partial charge in [0, 0.05) is 18.5 Å². The number of nitrogens with one attached hydrogen (secondary N) is 4. The van der Waals surface area contributed by atoms with E-state index in [9.17, 15) is 9.59 Å². The van der Waals surface area contributed by atoms with Crippen molar-refractivity contribution in [2.45, 2.75) is 64.3 Å². The lowest BCUT2D eigenvalue weighted by atomic mass is 9.75. The van der Waals surface area contributed by atoms with Crippen LogP contribution in [0, 0.1) is 18.8 Å². The van der Waals surface area contributed by atoms with E-state index in [1.807, 2.05) is 30.3 Å². The second-order valence-electron chi connectivity index (χ2n) is 9.90. The van der Waals surface area contributed by atoms with Crippen molar-refractivity contribution >= 4 is 11.8 Å². The molecule has 35 heavy (non-hydrogen) atoms. The van der Waals surface area contributed by atoms with Crippen molar-refractivity contribution < 1.29 is 14.3 Å². The fourth-order valence-electron chi connectivity index (χ4n) is 5.53. The third-order valence-corrected chi connectivity index (χ3v) is 7.40. The van der Waals surface area contributed by atoms with Gasteiger partial charge in [-0.3, -0.25) is 9.59 Å². The molecule has 3 aliphatic rings. The van der Waals surface area contributed by atoms with E-state index in [-0.39, 0.29) is 41.9 Å². The van der Waals surface area contributed by atoms with Gasteiger partial charge in [-0.1, -0.05) is 48.9 Å². The van der Waals surface area contributed by atoms with Crippen molar-refractivity contribution in [2.24, 2.45) is 11.8 Å². The van der Waals surface area contributed by atoms with Crippen LogP contribution in [0.3, 0.4) is 0 Å². The van der Waals surface area contributed by atoms with E-state index >= 15 is 0 Å². The number of hydrogen-bond donors (Lipinski definition) is 4. The molecule has 5 unspecified atom stereocenters. The van der Waals surface area contributed by atoms with Crippen LogP contribution in [0.1, 0.15) is 55.3 Å². The predicted octanol–water partition coefficient (Wildman–Crippen LogP) is 2.71. The SMILES string of the molecule is CCCOc1ccc(CNC(=O)C2CCC3C(=O)NC4C(c5cccc(C)c5)NNN4C3C2)cc1. The van der Waals surface area contributed by atoms with Gasteiger partial charge in [-0.05, 0) is 55.9 Å². The summed E-state index contributed by atoms with van der Waals surface area (Å²) in [5.41, 5.74) is 10.0. The average Bonchev–Trinajstić information content (AvgIpc) is 3.30. The van der Waals surface area contributed by atoms with Gasteiger partial charge in [0.2, 0.25) is 11.8 Å². The van der Waals surface area contributed by atoms with E-state index in [0.29, 0.717) is 26.0 Å². The summed E-state index contributed by atoms with van der Waals surface area (Å²) in [5, 5.41) is 8.43. The molecule has 0 radical (unpaired) electrons. The van der Waals surface area contributed by atoms with Crippen molar-refractivity contribution in [2.75, 3.05) is 6.61 Å². The molecule has 3 fully saturated rings. The van der Waals surface area contributed by atoms with Crippen LogP contribution in [0.5, 0.6) is 5.75 Å². The number of ether oxygens (including phenoxy) is 1. The van der Waals surface area contributed by atoms with Crippen LogP contribution in [0.4, 0.5) is 0 Å². The zero-order valence-electron chi connectivity index (χ0n) is 20.4. The van der Waals surface area contributed by atoms with Gasteiger partial charge in [-0.2, -0.15) is 5.53 Å². The van der Waals surface area contributed by atoms with Crippen LogP contribution < -0.4 is 26.3 Å². The summed E-state index contributed by atoms with van der Waals surface area (Å²) in [5.74, 6) is 0.760. The van der Waals surface area contributed by atoms with Crippen LogP contribution in [0.15, 0.2) is 48.5 Å². The Labute approximate surface area is 206 Å². The minimum absolute atomic E-state index is 0.0319. The number of hydrazine groups is 2. The van der Waals surface area contributed by atoms with Crippen molar-refractivity contribution in [3.8, 4) is 5.75 Å². The maximum Gasteiger partial charge on any atom is 0.226 e. The molecular formula is C27H35N5O3. The van der Waals surface area contributed by atoms with Crippen molar-refractivity contribution in [1.82, 2.24) is 26.6 Å². The van der Waals surface area contributed by atoms with E-state index in [0.717, 1.165) is 29.7 Å². The first-order valence-corrected chi connectivity index (χ1v) is 12.7. The Morgan fingerprint density at radius 2 is 2.00 bits per heavy atom. The van der Waals surface area contributed by atoms with Crippen LogP contribution in [-0.2, 0) is 16.1 Å². The van der Waals surface area contributed by atoms with Gasteiger partial charge < -0.3 is 15.4 Å². The van der Waals surface area contributed by atoms with E-state index in [1.165, 1.54) is 5.56 Å². The normalized spacial score (nSPS) is 28.1. The number of carbonyl (C=O) groups excluding carboxylic acids is 2. The zero-order chi connectivity index (χ0) is 24.4. The Balaban J connectivity index is 1.21. The highest BCUT2D eigenvalue weighted by Crippen LogP contribution is 2.39. The number of carbonyl (C=O) groups is 2. The molecule has 186 valence electrons. The molecule has 2 heterocycles. The van der Waals surface area contributed by atoms with Crippen molar-refractivity contribution in [3.63, 3.8) is 0 Å². The number of hydrogen-bond acceptors (Lipinski definition) is 6. The summed E-state index contributed by atoms with van der Waals surface area (Å²) >= 11 is 0. The number of rotatable bonds is 7. The monoisotopic (exact) mass is 477 g/mol. The molecule has 2 aromatic carbocycles. The van der Waals surface area contributed by atoms with Crippen molar-refractivity contribution in [3.05, 3.63) is 65.2 Å².